The van der Waals surface area contributed by atoms with E-state index in [1.54, 1.807) is 0 Å². The third-order valence-corrected chi connectivity index (χ3v) is 5.17. The van der Waals surface area contributed by atoms with Gasteiger partial charge < -0.3 is 0 Å². The zero-order chi connectivity index (χ0) is 13.0. The lowest BCUT2D eigenvalue weighted by Crippen LogP contribution is -2.35. The molecule has 5 heteroatoms. The molecule has 1 fully saturated rings. The molecular formula is C13H24N4S. The Morgan fingerprint density at radius 1 is 1.33 bits per heavy atom. The van der Waals surface area contributed by atoms with Crippen molar-refractivity contribution in [1.82, 2.24) is 15.0 Å². The number of hydrogen-bond acceptors (Lipinski definition) is 5. The molecule has 0 spiro atoms. The number of rotatable bonds is 5. The Hall–Kier alpha value is -0.520. The summed E-state index contributed by atoms with van der Waals surface area (Å²) in [6.07, 6.45) is 7.48. The lowest BCUT2D eigenvalue weighted by molar-refractivity contribution is 0.220. The van der Waals surface area contributed by atoms with E-state index in [-0.39, 0.29) is 6.04 Å². The fraction of sp³-hybridized carbons (Fsp3) is 0.846. The van der Waals surface area contributed by atoms with Crippen LogP contribution in [0.3, 0.4) is 0 Å². The Bertz CT molecular complexity index is 358. The second-order valence-electron chi connectivity index (χ2n) is 5.27. The first-order chi connectivity index (χ1) is 8.80. The van der Waals surface area contributed by atoms with Gasteiger partial charge in [-0.25, -0.2) is 0 Å². The van der Waals surface area contributed by atoms with Crippen molar-refractivity contribution in [3.8, 4) is 0 Å². The summed E-state index contributed by atoms with van der Waals surface area (Å²) in [7, 11) is 0. The summed E-state index contributed by atoms with van der Waals surface area (Å²) >= 11 is 1.50. The highest BCUT2D eigenvalue weighted by Gasteiger charge is 2.30. The van der Waals surface area contributed by atoms with Gasteiger partial charge in [-0.3, -0.25) is 11.3 Å². The van der Waals surface area contributed by atoms with E-state index in [2.05, 4.69) is 28.9 Å². The van der Waals surface area contributed by atoms with Crippen LogP contribution in [-0.2, 0) is 6.42 Å². The van der Waals surface area contributed by atoms with E-state index in [9.17, 15) is 0 Å². The predicted molar refractivity (Wildman–Crippen MR) is 75.1 cm³/mol. The zero-order valence-corrected chi connectivity index (χ0v) is 12.2. The molecule has 0 aliphatic heterocycles. The second-order valence-corrected chi connectivity index (χ2v) is 6.06. The van der Waals surface area contributed by atoms with Gasteiger partial charge in [0.05, 0.1) is 16.6 Å². The largest absolute Gasteiger partial charge is 0.271 e. The first-order valence-corrected chi connectivity index (χ1v) is 7.84. The van der Waals surface area contributed by atoms with Crippen molar-refractivity contribution >= 4 is 11.5 Å². The van der Waals surface area contributed by atoms with Crippen molar-refractivity contribution in [2.24, 2.45) is 17.7 Å². The molecule has 1 aliphatic carbocycles. The van der Waals surface area contributed by atoms with Crippen LogP contribution in [0.4, 0.5) is 0 Å². The van der Waals surface area contributed by atoms with Crippen LogP contribution in [0.5, 0.6) is 0 Å². The highest BCUT2D eigenvalue weighted by atomic mass is 32.1. The van der Waals surface area contributed by atoms with Crippen molar-refractivity contribution in [2.75, 3.05) is 0 Å². The minimum atomic E-state index is 0.248. The summed E-state index contributed by atoms with van der Waals surface area (Å²) in [4.78, 5) is 1.25. The Morgan fingerprint density at radius 3 is 2.61 bits per heavy atom. The molecule has 18 heavy (non-hydrogen) atoms. The van der Waals surface area contributed by atoms with Crippen LogP contribution >= 0.6 is 11.5 Å². The monoisotopic (exact) mass is 268 g/mol. The molecule has 1 heterocycles. The summed E-state index contributed by atoms with van der Waals surface area (Å²) in [5, 5.41) is 4.20. The Kier molecular flexibility index (Phi) is 5.09. The number of hydrazine groups is 1. The first kappa shape index (κ1) is 13.9. The van der Waals surface area contributed by atoms with Gasteiger partial charge in [-0.15, -0.1) is 5.10 Å². The molecule has 0 radical (unpaired) electrons. The van der Waals surface area contributed by atoms with E-state index < -0.39 is 0 Å². The highest BCUT2D eigenvalue weighted by molar-refractivity contribution is 7.05. The maximum absolute atomic E-state index is 5.79. The van der Waals surface area contributed by atoms with Gasteiger partial charge in [0, 0.05) is 0 Å². The van der Waals surface area contributed by atoms with Crippen LogP contribution < -0.4 is 11.3 Å². The molecule has 2 rings (SSSR count). The van der Waals surface area contributed by atoms with E-state index in [4.69, 9.17) is 5.84 Å². The predicted octanol–water partition coefficient (Wildman–Crippen LogP) is 2.82. The second kappa shape index (κ2) is 6.59. The molecule has 1 atom stereocenters. The maximum Gasteiger partial charge on any atom is 0.0801 e. The van der Waals surface area contributed by atoms with Gasteiger partial charge in [-0.2, -0.15) is 0 Å². The van der Waals surface area contributed by atoms with Gasteiger partial charge >= 0.3 is 0 Å². The molecule has 1 saturated carbocycles. The van der Waals surface area contributed by atoms with Gasteiger partial charge in [0.1, 0.15) is 0 Å². The lowest BCUT2D eigenvalue weighted by atomic mass is 9.77. The van der Waals surface area contributed by atoms with Gasteiger partial charge in [0.2, 0.25) is 0 Å². The molecule has 0 aromatic carbocycles. The fourth-order valence-electron chi connectivity index (χ4n) is 3.05. The molecule has 1 unspecified atom stereocenters. The molecule has 0 bridgehead atoms. The number of aryl methyl sites for hydroxylation is 1. The quantitative estimate of drug-likeness (QED) is 0.636. The summed E-state index contributed by atoms with van der Waals surface area (Å²) in [5.74, 6) is 7.35. The molecule has 1 aromatic rings. The Morgan fingerprint density at radius 2 is 2.06 bits per heavy atom. The van der Waals surface area contributed by atoms with Crippen molar-refractivity contribution in [1.29, 1.82) is 0 Å². The number of hydrogen-bond donors (Lipinski definition) is 2. The van der Waals surface area contributed by atoms with Crippen molar-refractivity contribution in [3.63, 3.8) is 0 Å². The van der Waals surface area contributed by atoms with Crippen LogP contribution in [0.2, 0.25) is 0 Å². The van der Waals surface area contributed by atoms with Gasteiger partial charge in [-0.1, -0.05) is 37.6 Å². The Labute approximate surface area is 113 Å². The van der Waals surface area contributed by atoms with Crippen LogP contribution in [0, 0.1) is 11.8 Å². The van der Waals surface area contributed by atoms with Gasteiger partial charge in [0.15, 0.2) is 0 Å². The molecule has 3 N–H and O–H groups in total. The average Bonchev–Trinajstić information content (AvgIpc) is 2.89. The standard InChI is InChI=1S/C13H24N4S/c1-3-9-5-7-10(8-6-9)12(15-14)13-11(4-2)16-17-18-13/h9-10,12,15H,3-8,14H2,1-2H3. The Balaban J connectivity index is 2.05. The molecule has 0 amide bonds. The topological polar surface area (TPSA) is 63.8 Å². The minimum Gasteiger partial charge on any atom is -0.271 e. The third kappa shape index (κ3) is 2.90. The van der Waals surface area contributed by atoms with Crippen molar-refractivity contribution < 1.29 is 0 Å². The van der Waals surface area contributed by atoms with E-state index in [0.717, 1.165) is 18.0 Å². The summed E-state index contributed by atoms with van der Waals surface area (Å²) in [6, 6.07) is 0.248. The van der Waals surface area contributed by atoms with E-state index in [1.165, 1.54) is 48.5 Å². The third-order valence-electron chi connectivity index (χ3n) is 4.32. The highest BCUT2D eigenvalue weighted by Crippen LogP contribution is 2.39. The lowest BCUT2D eigenvalue weighted by Gasteiger charge is -2.32. The normalized spacial score (nSPS) is 26.2. The minimum absolute atomic E-state index is 0.248. The first-order valence-electron chi connectivity index (χ1n) is 7.07. The average molecular weight is 268 g/mol. The van der Waals surface area contributed by atoms with E-state index >= 15 is 0 Å². The van der Waals surface area contributed by atoms with E-state index in [0.29, 0.717) is 5.92 Å². The van der Waals surface area contributed by atoms with Crippen LogP contribution in [0.15, 0.2) is 0 Å². The van der Waals surface area contributed by atoms with Crippen LogP contribution in [-0.4, -0.2) is 9.59 Å². The summed E-state index contributed by atoms with van der Waals surface area (Å²) in [6.45, 7) is 4.42. The molecule has 1 aromatic heterocycles. The van der Waals surface area contributed by atoms with Gasteiger partial charge in [-0.05, 0) is 42.6 Å². The molecule has 0 saturated heterocycles. The van der Waals surface area contributed by atoms with Crippen molar-refractivity contribution in [2.45, 2.75) is 58.4 Å². The summed E-state index contributed by atoms with van der Waals surface area (Å²) < 4.78 is 4.08. The fourth-order valence-corrected chi connectivity index (χ4v) is 3.94. The van der Waals surface area contributed by atoms with Crippen LogP contribution in [0.25, 0.3) is 0 Å². The smallest absolute Gasteiger partial charge is 0.0801 e. The molecule has 4 nitrogen and oxygen atoms in total. The van der Waals surface area contributed by atoms with E-state index in [1.807, 2.05) is 0 Å². The van der Waals surface area contributed by atoms with Crippen molar-refractivity contribution in [3.05, 3.63) is 10.6 Å². The number of aromatic nitrogens is 2. The van der Waals surface area contributed by atoms with Crippen LogP contribution in [0.1, 0.15) is 62.6 Å². The summed E-state index contributed by atoms with van der Waals surface area (Å²) in [5.41, 5.74) is 4.12. The molecule has 102 valence electrons. The molecule has 1 aliphatic rings. The number of nitrogens with zero attached hydrogens (tertiary/aromatic N) is 2. The molecular weight excluding hydrogens is 244 g/mol. The number of nitrogens with one attached hydrogen (secondary N) is 1. The SMILES string of the molecule is CCc1nnsc1C(NN)C1CCC(CC)CC1. The maximum atomic E-state index is 5.79. The number of nitrogens with two attached hydrogens (primary N) is 1. The van der Waals surface area contributed by atoms with Gasteiger partial charge in [0.25, 0.3) is 0 Å². The zero-order valence-electron chi connectivity index (χ0n) is 11.4.